The maximum absolute atomic E-state index is 13.5. The number of methoxy groups -OCH3 is 1. The van der Waals surface area contributed by atoms with Gasteiger partial charge < -0.3 is 14.7 Å². The summed E-state index contributed by atoms with van der Waals surface area (Å²) >= 11 is 0. The number of imide groups is 1. The Morgan fingerprint density at radius 1 is 1.00 bits per heavy atom. The topological polar surface area (TPSA) is 133 Å². The third-order valence-corrected chi connectivity index (χ3v) is 8.18. The number of nitrogens with zero attached hydrogens (tertiary/aromatic N) is 2. The second-order valence-electron chi connectivity index (χ2n) is 12.1. The lowest BCUT2D eigenvalue weighted by atomic mass is 9.76. The summed E-state index contributed by atoms with van der Waals surface area (Å²) in [7, 11) is 2.73. The lowest BCUT2D eigenvalue weighted by Crippen LogP contribution is -2.59. The Balaban J connectivity index is 0.000000707. The first-order chi connectivity index (χ1) is 20.9. The summed E-state index contributed by atoms with van der Waals surface area (Å²) in [5, 5.41) is 10.5. The van der Waals surface area contributed by atoms with Gasteiger partial charge in [-0.05, 0) is 35.6 Å². The average Bonchev–Trinajstić information content (AvgIpc) is 3.43. The van der Waals surface area contributed by atoms with E-state index in [1.807, 2.05) is 61.5 Å². The van der Waals surface area contributed by atoms with Crippen molar-refractivity contribution in [2.45, 2.75) is 57.3 Å². The number of benzene rings is 2. The van der Waals surface area contributed by atoms with Crippen molar-refractivity contribution in [2.24, 2.45) is 11.8 Å². The summed E-state index contributed by atoms with van der Waals surface area (Å²) in [6.45, 7) is 8.78. The van der Waals surface area contributed by atoms with Crippen molar-refractivity contribution in [1.29, 1.82) is 0 Å². The quantitative estimate of drug-likeness (QED) is 0.350. The third kappa shape index (κ3) is 7.35. The lowest BCUT2D eigenvalue weighted by molar-refractivity contribution is -0.192. The molecule has 2 aliphatic heterocycles. The normalized spacial score (nSPS) is 22.8. The number of carbonyl (C=O) groups is 5. The molecule has 0 aromatic heterocycles. The van der Waals surface area contributed by atoms with E-state index in [0.717, 1.165) is 16.0 Å². The van der Waals surface area contributed by atoms with E-state index in [1.54, 1.807) is 4.90 Å². The van der Waals surface area contributed by atoms with Gasteiger partial charge in [-0.3, -0.25) is 29.4 Å². The molecule has 244 valence electrons. The Bertz CT molecular complexity index is 1420. The molecule has 2 aromatic carbocycles. The van der Waals surface area contributed by atoms with E-state index in [9.17, 15) is 32.3 Å². The van der Waals surface area contributed by atoms with Gasteiger partial charge in [0, 0.05) is 38.2 Å². The minimum absolute atomic E-state index is 0.0355. The van der Waals surface area contributed by atoms with Crippen LogP contribution in [0.5, 0.6) is 0 Å². The number of likely N-dealkylation sites (N-methyl/N-ethyl adjacent to an activating group) is 1. The van der Waals surface area contributed by atoms with E-state index in [0.29, 0.717) is 12.1 Å². The number of alkyl halides is 3. The molecule has 2 N–H and O–H groups in total. The van der Waals surface area contributed by atoms with Crippen molar-refractivity contribution < 1.29 is 47.0 Å². The van der Waals surface area contributed by atoms with Crippen LogP contribution in [0.1, 0.15) is 49.2 Å². The first-order valence-corrected chi connectivity index (χ1v) is 14.3. The molecule has 2 aromatic rings. The van der Waals surface area contributed by atoms with Gasteiger partial charge in [0.25, 0.3) is 5.91 Å². The van der Waals surface area contributed by atoms with E-state index in [4.69, 9.17) is 14.6 Å². The molecule has 2 heterocycles. The van der Waals surface area contributed by atoms with Crippen molar-refractivity contribution >= 4 is 29.7 Å². The highest BCUT2D eigenvalue weighted by atomic mass is 19.4. The van der Waals surface area contributed by atoms with Crippen LogP contribution >= 0.6 is 0 Å². The molecule has 0 bridgehead atoms. The number of ether oxygens (including phenoxy) is 1. The van der Waals surface area contributed by atoms with Crippen LogP contribution in [0.4, 0.5) is 13.2 Å². The second-order valence-corrected chi connectivity index (χ2v) is 12.1. The number of hydrogen-bond donors (Lipinski definition) is 2. The summed E-state index contributed by atoms with van der Waals surface area (Å²) in [6.07, 6.45) is -4.90. The maximum atomic E-state index is 13.5. The fourth-order valence-electron chi connectivity index (χ4n) is 5.84. The molecule has 4 atom stereocenters. The highest BCUT2D eigenvalue weighted by Crippen LogP contribution is 2.45. The summed E-state index contributed by atoms with van der Waals surface area (Å²) in [6, 6.07) is 16.3. The first-order valence-electron chi connectivity index (χ1n) is 14.3. The Kier molecular flexibility index (Phi) is 10.5. The van der Waals surface area contributed by atoms with E-state index in [2.05, 4.69) is 26.1 Å². The highest BCUT2D eigenvalue weighted by molar-refractivity contribution is 6.09. The van der Waals surface area contributed by atoms with Gasteiger partial charge in [-0.25, -0.2) is 4.79 Å². The molecule has 13 heteroatoms. The zero-order valence-electron chi connectivity index (χ0n) is 26.0. The fraction of sp³-hybridized carbons (Fsp3) is 0.469. The largest absolute Gasteiger partial charge is 0.490 e. The van der Waals surface area contributed by atoms with E-state index < -0.39 is 47.4 Å². The van der Waals surface area contributed by atoms with Gasteiger partial charge in [0.2, 0.25) is 11.8 Å². The zero-order chi connectivity index (χ0) is 33.9. The number of amides is 3. The van der Waals surface area contributed by atoms with Crippen LogP contribution in [-0.2, 0) is 35.8 Å². The molecule has 3 amide bonds. The Hall–Kier alpha value is -4.26. The van der Waals surface area contributed by atoms with E-state index >= 15 is 0 Å². The molecule has 0 saturated carbocycles. The Labute approximate surface area is 259 Å². The van der Waals surface area contributed by atoms with Gasteiger partial charge in [0.05, 0.1) is 18.9 Å². The molecule has 10 nitrogen and oxygen atoms in total. The molecule has 4 rings (SSSR count). The number of carboxylic acids is 1. The summed E-state index contributed by atoms with van der Waals surface area (Å²) in [4.78, 5) is 65.2. The number of nitrogens with one attached hydrogen (secondary N) is 1. The fourth-order valence-corrected chi connectivity index (χ4v) is 5.84. The van der Waals surface area contributed by atoms with Crippen LogP contribution in [0, 0.1) is 11.8 Å². The number of rotatable bonds is 7. The number of esters is 1. The Morgan fingerprint density at radius 3 is 2.02 bits per heavy atom. The molecular weight excluding hydrogens is 595 g/mol. The van der Waals surface area contributed by atoms with Gasteiger partial charge in [-0.1, -0.05) is 63.2 Å². The smallest absolute Gasteiger partial charge is 0.475 e. The lowest BCUT2D eigenvalue weighted by Gasteiger charge is -2.33. The van der Waals surface area contributed by atoms with Gasteiger partial charge >= 0.3 is 18.1 Å². The minimum atomic E-state index is -5.08. The van der Waals surface area contributed by atoms with Gasteiger partial charge in [-0.2, -0.15) is 13.2 Å². The SMILES string of the molecule is CCN(C[C@H]1N[C@@](Cc2ccccc2)(C(=O)OC)[C@H]2C(=O)N(C)C(=O)[C@@H]12)C(=O)c1ccc(C(C)(C)C)cc1.O=C(O)C(F)(F)F. The number of hydrogen-bond acceptors (Lipinski definition) is 7. The van der Waals surface area contributed by atoms with E-state index in [1.165, 1.54) is 14.2 Å². The predicted octanol–water partition coefficient (Wildman–Crippen LogP) is 3.44. The van der Waals surface area contributed by atoms with Crippen LogP contribution in [-0.4, -0.2) is 89.6 Å². The summed E-state index contributed by atoms with van der Waals surface area (Å²) in [5.74, 6) is -6.01. The second kappa shape index (κ2) is 13.4. The molecule has 0 spiro atoms. The molecule has 45 heavy (non-hydrogen) atoms. The summed E-state index contributed by atoms with van der Waals surface area (Å²) < 4.78 is 36.9. The van der Waals surface area contributed by atoms with Crippen LogP contribution in [0.15, 0.2) is 54.6 Å². The third-order valence-electron chi connectivity index (χ3n) is 8.18. The average molecular weight is 634 g/mol. The molecular formula is C32H38F3N3O7. The number of likely N-dealkylation sites (tertiary alicyclic amines) is 1. The van der Waals surface area contributed by atoms with Crippen molar-refractivity contribution in [2.75, 3.05) is 27.2 Å². The first kappa shape index (κ1) is 35.2. The number of aliphatic carboxylic acids is 1. The van der Waals surface area contributed by atoms with Gasteiger partial charge in [0.1, 0.15) is 5.54 Å². The van der Waals surface area contributed by atoms with Crippen molar-refractivity contribution in [1.82, 2.24) is 15.1 Å². The molecule has 2 fully saturated rings. The van der Waals surface area contributed by atoms with Crippen LogP contribution in [0.2, 0.25) is 0 Å². The molecule has 2 aliphatic rings. The molecule has 0 aliphatic carbocycles. The zero-order valence-corrected chi connectivity index (χ0v) is 26.0. The molecule has 0 radical (unpaired) electrons. The van der Waals surface area contributed by atoms with Gasteiger partial charge in [0.15, 0.2) is 0 Å². The number of carbonyl (C=O) groups excluding carboxylic acids is 4. The minimum Gasteiger partial charge on any atom is -0.475 e. The number of fused-ring (bicyclic) bond motifs is 1. The molecule has 2 saturated heterocycles. The Morgan fingerprint density at radius 2 is 1.56 bits per heavy atom. The van der Waals surface area contributed by atoms with Crippen LogP contribution < -0.4 is 5.32 Å². The monoisotopic (exact) mass is 633 g/mol. The van der Waals surface area contributed by atoms with Crippen LogP contribution in [0.25, 0.3) is 0 Å². The molecule has 0 unspecified atom stereocenters. The maximum Gasteiger partial charge on any atom is 0.490 e. The number of carboxylic acid groups (broad SMARTS) is 1. The van der Waals surface area contributed by atoms with Crippen molar-refractivity contribution in [3.05, 3.63) is 71.3 Å². The van der Waals surface area contributed by atoms with Crippen LogP contribution in [0.3, 0.4) is 0 Å². The summed E-state index contributed by atoms with van der Waals surface area (Å²) in [5.41, 5.74) is 1.04. The number of halogens is 3. The van der Waals surface area contributed by atoms with E-state index in [-0.39, 0.29) is 30.2 Å². The van der Waals surface area contributed by atoms with Crippen molar-refractivity contribution in [3.63, 3.8) is 0 Å². The standard InChI is InChI=1S/C30H37N3O5.C2HF3O2/c1-7-33(25(34)20-13-15-21(16-14-20)29(2,3)4)18-22-23-24(27(36)32(5)26(23)35)30(31-22,28(37)38-6)17-19-11-9-8-10-12-19;3-2(4,5)1(6)7/h8-16,22-24,31H,7,17-18H2,1-6H3;(H,6,7)/t22-,23+,24-,30-;/m1./s1. The van der Waals surface area contributed by atoms with Gasteiger partial charge in [-0.15, -0.1) is 0 Å². The predicted molar refractivity (Wildman–Crippen MR) is 157 cm³/mol. The highest BCUT2D eigenvalue weighted by Gasteiger charge is 2.68. The van der Waals surface area contributed by atoms with Crippen molar-refractivity contribution in [3.8, 4) is 0 Å².